The molecule has 11 heteroatoms. The van der Waals surface area contributed by atoms with E-state index in [2.05, 4.69) is 42.4 Å². The maximum atomic E-state index is 13.0. The molecule has 7 nitrogen and oxygen atoms in total. The molecular formula is C23H14Br2FN3O4S. The molecule has 4 rings (SSSR count). The molecule has 34 heavy (non-hydrogen) atoms. The van der Waals surface area contributed by atoms with Gasteiger partial charge in [0.1, 0.15) is 18.2 Å². The van der Waals surface area contributed by atoms with Crippen LogP contribution < -0.4 is 10.2 Å². The standard InChI is InChI=1S/C23H14Br2FN3O4S/c24-18-7-14(8-19(25)22(18)33-12-13-1-3-16(26)4-2-13)11-27-28-23(30)21-10-15-9-17(29(31)32)5-6-20(15)34-21/h1-11H,12H2,(H,28,30)/b27-11-. The van der Waals surface area contributed by atoms with E-state index < -0.39 is 10.8 Å². The van der Waals surface area contributed by atoms with Gasteiger partial charge >= 0.3 is 0 Å². The number of hydrogen-bond donors (Lipinski definition) is 1. The van der Waals surface area contributed by atoms with Gasteiger partial charge in [-0.1, -0.05) is 12.1 Å². The Morgan fingerprint density at radius 1 is 1.12 bits per heavy atom. The van der Waals surface area contributed by atoms with Crippen LogP contribution in [0.3, 0.4) is 0 Å². The second-order valence-corrected chi connectivity index (χ2v) is 9.81. The Labute approximate surface area is 213 Å². The predicted molar refractivity (Wildman–Crippen MR) is 136 cm³/mol. The van der Waals surface area contributed by atoms with Crippen LogP contribution in [0.15, 0.2) is 74.7 Å². The molecule has 172 valence electrons. The number of amides is 1. The van der Waals surface area contributed by atoms with Crippen LogP contribution in [0.1, 0.15) is 20.8 Å². The molecule has 1 N–H and O–H groups in total. The number of ether oxygens (including phenoxy) is 1. The summed E-state index contributed by atoms with van der Waals surface area (Å²) < 4.78 is 21.0. The molecule has 0 atom stereocenters. The summed E-state index contributed by atoms with van der Waals surface area (Å²) in [6.45, 7) is 0.263. The molecule has 0 bridgehead atoms. The number of fused-ring (bicyclic) bond motifs is 1. The van der Waals surface area contributed by atoms with Crippen LogP contribution in [-0.2, 0) is 6.61 Å². The third-order valence-electron chi connectivity index (χ3n) is 4.63. The normalized spacial score (nSPS) is 11.1. The first-order chi connectivity index (χ1) is 16.3. The van der Waals surface area contributed by atoms with Gasteiger partial charge in [-0.05, 0) is 79.4 Å². The van der Waals surface area contributed by atoms with Crippen molar-refractivity contribution in [2.45, 2.75) is 6.61 Å². The summed E-state index contributed by atoms with van der Waals surface area (Å²) in [4.78, 5) is 23.3. The lowest BCUT2D eigenvalue weighted by Gasteiger charge is -2.11. The van der Waals surface area contributed by atoms with E-state index in [1.807, 2.05) is 0 Å². The van der Waals surface area contributed by atoms with Gasteiger partial charge in [-0.25, -0.2) is 9.82 Å². The number of rotatable bonds is 7. The Morgan fingerprint density at radius 3 is 2.50 bits per heavy atom. The number of halogens is 3. The SMILES string of the molecule is O=C(N/N=C\c1cc(Br)c(OCc2ccc(F)cc2)c(Br)c1)c1cc2cc([N+](=O)[O-])ccc2s1. The van der Waals surface area contributed by atoms with Gasteiger partial charge in [0.2, 0.25) is 0 Å². The van der Waals surface area contributed by atoms with Crippen molar-refractivity contribution in [2.75, 3.05) is 0 Å². The first-order valence-corrected chi connectivity index (χ1v) is 12.1. The zero-order chi connectivity index (χ0) is 24.2. The third-order valence-corrected chi connectivity index (χ3v) is 6.92. The minimum atomic E-state index is -0.476. The molecule has 1 aromatic heterocycles. The van der Waals surface area contributed by atoms with Crippen LogP contribution in [0.2, 0.25) is 0 Å². The molecule has 1 heterocycles. The monoisotopic (exact) mass is 605 g/mol. The van der Waals surface area contributed by atoms with E-state index in [0.717, 1.165) is 10.3 Å². The van der Waals surface area contributed by atoms with Crippen molar-refractivity contribution in [3.63, 3.8) is 0 Å². The first-order valence-electron chi connectivity index (χ1n) is 9.68. The molecule has 0 saturated heterocycles. The number of nitro groups is 1. The van der Waals surface area contributed by atoms with Crippen molar-refractivity contribution in [2.24, 2.45) is 5.10 Å². The van der Waals surface area contributed by atoms with Crippen LogP contribution in [-0.4, -0.2) is 17.0 Å². The van der Waals surface area contributed by atoms with Crippen LogP contribution in [0.25, 0.3) is 10.1 Å². The van der Waals surface area contributed by atoms with Gasteiger partial charge in [0, 0.05) is 22.2 Å². The highest BCUT2D eigenvalue weighted by Gasteiger charge is 2.13. The average molecular weight is 607 g/mol. The number of benzene rings is 3. The zero-order valence-electron chi connectivity index (χ0n) is 17.1. The molecule has 0 saturated carbocycles. The Balaban J connectivity index is 1.41. The Hall–Kier alpha value is -3.15. The van der Waals surface area contributed by atoms with Gasteiger partial charge in [-0.15, -0.1) is 11.3 Å². The van der Waals surface area contributed by atoms with E-state index in [4.69, 9.17) is 4.74 Å². The van der Waals surface area contributed by atoms with Gasteiger partial charge in [0.05, 0.1) is 25.0 Å². The quantitative estimate of drug-likeness (QED) is 0.142. The highest BCUT2D eigenvalue weighted by atomic mass is 79.9. The summed E-state index contributed by atoms with van der Waals surface area (Å²) in [6.07, 6.45) is 1.48. The Bertz CT molecular complexity index is 1400. The van der Waals surface area contributed by atoms with Gasteiger partial charge < -0.3 is 4.74 Å². The maximum absolute atomic E-state index is 13.0. The van der Waals surface area contributed by atoms with Crippen molar-refractivity contribution < 1.29 is 18.8 Å². The third kappa shape index (κ3) is 5.66. The number of non-ortho nitro benzene ring substituents is 1. The maximum Gasteiger partial charge on any atom is 0.281 e. The molecular weight excluding hydrogens is 593 g/mol. The summed E-state index contributed by atoms with van der Waals surface area (Å²) in [5.74, 6) is -0.152. The van der Waals surface area contributed by atoms with Gasteiger partial charge in [0.25, 0.3) is 11.6 Å². The Kier molecular flexibility index (Phi) is 7.35. The Morgan fingerprint density at radius 2 is 1.82 bits per heavy atom. The van der Waals surface area contributed by atoms with Crippen molar-refractivity contribution in [3.8, 4) is 5.75 Å². The minimum Gasteiger partial charge on any atom is -0.487 e. The lowest BCUT2D eigenvalue weighted by atomic mass is 10.2. The lowest BCUT2D eigenvalue weighted by Crippen LogP contribution is -2.16. The minimum absolute atomic E-state index is 0.0310. The van der Waals surface area contributed by atoms with E-state index in [1.165, 1.54) is 41.8 Å². The molecule has 4 aromatic rings. The summed E-state index contributed by atoms with van der Waals surface area (Å²) >= 11 is 8.15. The average Bonchev–Trinajstić information content (AvgIpc) is 3.23. The van der Waals surface area contributed by atoms with E-state index in [1.54, 1.807) is 36.4 Å². The van der Waals surface area contributed by atoms with Crippen molar-refractivity contribution in [1.82, 2.24) is 5.43 Å². The number of carbonyl (C=O) groups excluding carboxylic acids is 1. The first kappa shape index (κ1) is 24.0. The molecule has 0 fully saturated rings. The van der Waals surface area contributed by atoms with Crippen LogP contribution in [0, 0.1) is 15.9 Å². The number of nitrogens with zero attached hydrogens (tertiary/aromatic N) is 2. The molecule has 1 amide bonds. The lowest BCUT2D eigenvalue weighted by molar-refractivity contribution is -0.384. The number of hydrazone groups is 1. The van der Waals surface area contributed by atoms with E-state index in [-0.39, 0.29) is 18.1 Å². The number of hydrogen-bond acceptors (Lipinski definition) is 6. The fourth-order valence-corrected chi connectivity index (χ4v) is 5.39. The van der Waals surface area contributed by atoms with Crippen LogP contribution in [0.4, 0.5) is 10.1 Å². The zero-order valence-corrected chi connectivity index (χ0v) is 21.1. The summed E-state index contributed by atoms with van der Waals surface area (Å²) in [6, 6.07) is 15.7. The van der Waals surface area contributed by atoms with Crippen molar-refractivity contribution in [1.29, 1.82) is 0 Å². The van der Waals surface area contributed by atoms with E-state index in [9.17, 15) is 19.3 Å². The molecule has 0 aliphatic carbocycles. The number of nitro benzene ring substituents is 1. The fourth-order valence-electron chi connectivity index (χ4n) is 3.00. The van der Waals surface area contributed by atoms with Crippen LogP contribution >= 0.6 is 43.2 Å². The van der Waals surface area contributed by atoms with Crippen LogP contribution in [0.5, 0.6) is 5.75 Å². The molecule has 0 spiro atoms. The molecule has 0 unspecified atom stereocenters. The predicted octanol–water partition coefficient (Wildman–Crippen LogP) is 6.82. The fraction of sp³-hybridized carbons (Fsp3) is 0.0435. The second kappa shape index (κ2) is 10.4. The highest BCUT2D eigenvalue weighted by molar-refractivity contribution is 9.11. The highest BCUT2D eigenvalue weighted by Crippen LogP contribution is 2.35. The number of nitrogens with one attached hydrogen (secondary N) is 1. The summed E-state index contributed by atoms with van der Waals surface area (Å²) in [5.41, 5.74) is 3.95. The van der Waals surface area contributed by atoms with Gasteiger partial charge in [-0.2, -0.15) is 5.10 Å². The second-order valence-electron chi connectivity index (χ2n) is 7.02. The smallest absolute Gasteiger partial charge is 0.281 e. The van der Waals surface area contributed by atoms with Gasteiger partial charge in [0.15, 0.2) is 0 Å². The molecule has 0 radical (unpaired) electrons. The van der Waals surface area contributed by atoms with E-state index >= 15 is 0 Å². The number of carbonyl (C=O) groups is 1. The molecule has 3 aromatic carbocycles. The van der Waals surface area contributed by atoms with Crippen molar-refractivity contribution in [3.05, 3.63) is 102 Å². The topological polar surface area (TPSA) is 93.8 Å². The number of thiophene rings is 1. The van der Waals surface area contributed by atoms with E-state index in [0.29, 0.717) is 30.5 Å². The summed E-state index contributed by atoms with van der Waals surface area (Å²) in [7, 11) is 0. The molecule has 0 aliphatic heterocycles. The molecule has 0 aliphatic rings. The summed E-state index contributed by atoms with van der Waals surface area (Å²) in [5, 5.41) is 15.6. The van der Waals surface area contributed by atoms with Crippen molar-refractivity contribution >= 4 is 71.1 Å². The van der Waals surface area contributed by atoms with Gasteiger partial charge in [-0.3, -0.25) is 14.9 Å². The largest absolute Gasteiger partial charge is 0.487 e.